The van der Waals surface area contributed by atoms with Crippen LogP contribution in [-0.2, 0) is 6.42 Å². The van der Waals surface area contributed by atoms with Crippen LogP contribution in [0.5, 0.6) is 17.2 Å². The summed E-state index contributed by atoms with van der Waals surface area (Å²) in [5.41, 5.74) is 6.78. The Morgan fingerprint density at radius 3 is 1.48 bits per heavy atom. The maximum absolute atomic E-state index is 10.1. The van der Waals surface area contributed by atoms with Crippen molar-refractivity contribution in [3.63, 3.8) is 0 Å². The molecule has 3 rings (SSSR count). The minimum Gasteiger partial charge on any atom is -0.508 e. The first-order valence-corrected chi connectivity index (χ1v) is 9.14. The van der Waals surface area contributed by atoms with Gasteiger partial charge < -0.3 is 15.3 Å². The first-order chi connectivity index (χ1) is 12.8. The lowest BCUT2D eigenvalue weighted by Crippen LogP contribution is -2.06. The molecule has 0 aliphatic heterocycles. The molecule has 0 aliphatic carbocycles. The van der Waals surface area contributed by atoms with Gasteiger partial charge in [0.1, 0.15) is 17.2 Å². The van der Waals surface area contributed by atoms with Crippen LogP contribution in [-0.4, -0.2) is 15.3 Å². The van der Waals surface area contributed by atoms with Gasteiger partial charge in [-0.1, -0.05) is 36.4 Å². The van der Waals surface area contributed by atoms with Gasteiger partial charge in [0.15, 0.2) is 0 Å². The summed E-state index contributed by atoms with van der Waals surface area (Å²) in [6.45, 7) is 7.62. The number of phenolic OH excluding ortho intramolecular Hbond substituents is 3. The topological polar surface area (TPSA) is 60.7 Å². The first kappa shape index (κ1) is 18.8. The van der Waals surface area contributed by atoms with E-state index in [0.717, 1.165) is 45.4 Å². The molecule has 140 valence electrons. The van der Waals surface area contributed by atoms with E-state index in [2.05, 4.69) is 0 Å². The summed E-state index contributed by atoms with van der Waals surface area (Å²) in [4.78, 5) is 0. The third-order valence-corrected chi connectivity index (χ3v) is 5.24. The third-order valence-electron chi connectivity index (χ3n) is 5.24. The quantitative estimate of drug-likeness (QED) is 0.581. The lowest BCUT2D eigenvalue weighted by Gasteiger charge is -2.21. The highest BCUT2D eigenvalue weighted by Crippen LogP contribution is 2.34. The van der Waals surface area contributed by atoms with E-state index in [1.165, 1.54) is 0 Å². The number of aromatic hydroxyl groups is 3. The third kappa shape index (κ3) is 3.92. The van der Waals surface area contributed by atoms with E-state index in [4.69, 9.17) is 0 Å². The highest BCUT2D eigenvalue weighted by atomic mass is 16.3. The fourth-order valence-corrected chi connectivity index (χ4v) is 3.62. The van der Waals surface area contributed by atoms with Crippen LogP contribution in [0.1, 0.15) is 44.9 Å². The Labute approximate surface area is 160 Å². The van der Waals surface area contributed by atoms with Crippen molar-refractivity contribution in [2.75, 3.05) is 0 Å². The SMILES string of the molecule is Cc1cc(C(Cc2cc(C)c(O)c(C)c2)c2ccc(O)c(C)c2)ccc1O. The largest absolute Gasteiger partial charge is 0.508 e. The normalized spacial score (nSPS) is 11.1. The lowest BCUT2D eigenvalue weighted by molar-refractivity contribution is 0.466. The zero-order chi connectivity index (χ0) is 19.7. The second kappa shape index (κ2) is 7.36. The minimum atomic E-state index is 0.0759. The highest BCUT2D eigenvalue weighted by molar-refractivity contribution is 5.47. The van der Waals surface area contributed by atoms with E-state index < -0.39 is 0 Å². The van der Waals surface area contributed by atoms with Crippen molar-refractivity contribution >= 4 is 0 Å². The maximum atomic E-state index is 10.1. The predicted molar refractivity (Wildman–Crippen MR) is 109 cm³/mol. The Kier molecular flexibility index (Phi) is 5.13. The summed E-state index contributed by atoms with van der Waals surface area (Å²) >= 11 is 0. The van der Waals surface area contributed by atoms with E-state index in [9.17, 15) is 15.3 Å². The van der Waals surface area contributed by atoms with Gasteiger partial charge in [-0.05, 0) is 85.2 Å². The number of aryl methyl sites for hydroxylation is 4. The molecule has 0 aromatic heterocycles. The Morgan fingerprint density at radius 2 is 1.07 bits per heavy atom. The molecule has 0 fully saturated rings. The molecule has 0 aliphatic rings. The molecule has 0 unspecified atom stereocenters. The molecule has 3 N–H and O–H groups in total. The van der Waals surface area contributed by atoms with Crippen molar-refractivity contribution in [1.82, 2.24) is 0 Å². The molecule has 3 aromatic carbocycles. The molecule has 3 nitrogen and oxygen atoms in total. The van der Waals surface area contributed by atoms with E-state index in [0.29, 0.717) is 5.75 Å². The predicted octanol–water partition coefficient (Wildman–Crippen LogP) is 5.41. The van der Waals surface area contributed by atoms with E-state index in [1.807, 2.05) is 64.1 Å². The molecular formula is C24H26O3. The smallest absolute Gasteiger partial charge is 0.121 e. The van der Waals surface area contributed by atoms with E-state index in [-0.39, 0.29) is 17.4 Å². The van der Waals surface area contributed by atoms with Gasteiger partial charge in [0.25, 0.3) is 0 Å². The van der Waals surface area contributed by atoms with Gasteiger partial charge in [-0.2, -0.15) is 0 Å². The van der Waals surface area contributed by atoms with Gasteiger partial charge in [-0.3, -0.25) is 0 Å². The van der Waals surface area contributed by atoms with Crippen molar-refractivity contribution < 1.29 is 15.3 Å². The summed E-state index contributed by atoms with van der Waals surface area (Å²) in [5, 5.41) is 29.9. The highest BCUT2D eigenvalue weighted by Gasteiger charge is 2.18. The second-order valence-electron chi connectivity index (χ2n) is 7.43. The summed E-state index contributed by atoms with van der Waals surface area (Å²) in [6, 6.07) is 15.5. The minimum absolute atomic E-state index is 0.0759. The van der Waals surface area contributed by atoms with Gasteiger partial charge >= 0.3 is 0 Å². The second-order valence-corrected chi connectivity index (χ2v) is 7.43. The molecule has 3 heteroatoms. The Balaban J connectivity index is 2.09. The average Bonchev–Trinajstić information content (AvgIpc) is 2.62. The van der Waals surface area contributed by atoms with Crippen molar-refractivity contribution in [3.05, 3.63) is 87.5 Å². The van der Waals surface area contributed by atoms with Crippen LogP contribution >= 0.6 is 0 Å². The van der Waals surface area contributed by atoms with Crippen LogP contribution in [0.2, 0.25) is 0 Å². The Hall–Kier alpha value is -2.94. The molecule has 0 amide bonds. The Bertz CT molecular complexity index is 914. The maximum Gasteiger partial charge on any atom is 0.121 e. The number of hydrogen-bond donors (Lipinski definition) is 3. The lowest BCUT2D eigenvalue weighted by atomic mass is 9.84. The van der Waals surface area contributed by atoms with Gasteiger partial charge in [-0.25, -0.2) is 0 Å². The number of rotatable bonds is 4. The number of hydrogen-bond acceptors (Lipinski definition) is 3. The molecule has 0 saturated carbocycles. The van der Waals surface area contributed by atoms with E-state index in [1.54, 1.807) is 12.1 Å². The van der Waals surface area contributed by atoms with Crippen LogP contribution in [0.15, 0.2) is 48.5 Å². The standard InChI is InChI=1S/C24H26O3/c1-14-11-19(5-7-22(14)25)21(20-6-8-23(26)15(2)12-20)13-18-9-16(3)24(27)17(4)10-18/h5-12,21,25-27H,13H2,1-4H3. The first-order valence-electron chi connectivity index (χ1n) is 9.14. The molecule has 0 atom stereocenters. The van der Waals surface area contributed by atoms with Crippen LogP contribution in [0.4, 0.5) is 0 Å². The molecular weight excluding hydrogens is 336 g/mol. The van der Waals surface area contributed by atoms with Gasteiger partial charge in [0, 0.05) is 5.92 Å². The molecule has 0 bridgehead atoms. The molecule has 0 spiro atoms. The van der Waals surface area contributed by atoms with Gasteiger partial charge in [-0.15, -0.1) is 0 Å². The molecule has 3 aromatic rings. The zero-order valence-electron chi connectivity index (χ0n) is 16.2. The van der Waals surface area contributed by atoms with Crippen molar-refractivity contribution in [1.29, 1.82) is 0 Å². The van der Waals surface area contributed by atoms with Gasteiger partial charge in [0.05, 0.1) is 0 Å². The van der Waals surface area contributed by atoms with E-state index >= 15 is 0 Å². The van der Waals surface area contributed by atoms with Crippen molar-refractivity contribution in [2.24, 2.45) is 0 Å². The fraction of sp³-hybridized carbons (Fsp3) is 0.250. The molecule has 0 saturated heterocycles. The van der Waals surface area contributed by atoms with Crippen LogP contribution < -0.4 is 0 Å². The van der Waals surface area contributed by atoms with Crippen LogP contribution in [0, 0.1) is 27.7 Å². The summed E-state index contributed by atoms with van der Waals surface area (Å²) in [7, 11) is 0. The van der Waals surface area contributed by atoms with Crippen molar-refractivity contribution in [2.45, 2.75) is 40.0 Å². The van der Waals surface area contributed by atoms with Gasteiger partial charge in [0.2, 0.25) is 0 Å². The number of benzene rings is 3. The molecule has 0 heterocycles. The fourth-order valence-electron chi connectivity index (χ4n) is 3.62. The van der Waals surface area contributed by atoms with Crippen molar-refractivity contribution in [3.8, 4) is 17.2 Å². The molecule has 0 radical (unpaired) electrons. The monoisotopic (exact) mass is 362 g/mol. The number of phenols is 3. The summed E-state index contributed by atoms with van der Waals surface area (Å²) in [6.07, 6.45) is 0.760. The van der Waals surface area contributed by atoms with Crippen LogP contribution in [0.25, 0.3) is 0 Å². The Morgan fingerprint density at radius 1 is 0.630 bits per heavy atom. The summed E-state index contributed by atoms with van der Waals surface area (Å²) < 4.78 is 0. The zero-order valence-corrected chi connectivity index (χ0v) is 16.2. The molecule has 27 heavy (non-hydrogen) atoms. The van der Waals surface area contributed by atoms with Crippen LogP contribution in [0.3, 0.4) is 0 Å². The summed E-state index contributed by atoms with van der Waals surface area (Å²) in [5.74, 6) is 0.995. The average molecular weight is 362 g/mol.